The first-order valence-corrected chi connectivity index (χ1v) is 7.35. The van der Waals surface area contributed by atoms with Gasteiger partial charge in [-0.25, -0.2) is 4.68 Å². The van der Waals surface area contributed by atoms with E-state index in [0.29, 0.717) is 16.9 Å². The molecular formula is C13H22BrN3O. The van der Waals surface area contributed by atoms with Gasteiger partial charge in [0.1, 0.15) is 4.47 Å². The smallest absolute Gasteiger partial charge is 0.283 e. The molecular weight excluding hydrogens is 294 g/mol. The van der Waals surface area contributed by atoms with Gasteiger partial charge in [0.15, 0.2) is 0 Å². The zero-order valence-electron chi connectivity index (χ0n) is 11.4. The molecule has 1 N–H and O–H groups in total. The van der Waals surface area contributed by atoms with Crippen molar-refractivity contribution >= 4 is 21.6 Å². The Morgan fingerprint density at radius 3 is 2.83 bits per heavy atom. The molecule has 0 aromatic carbocycles. The Kier molecular flexibility index (Phi) is 6.39. The molecule has 0 unspecified atom stereocenters. The molecule has 18 heavy (non-hydrogen) atoms. The lowest BCUT2D eigenvalue weighted by molar-refractivity contribution is 0.540. The lowest BCUT2D eigenvalue weighted by Crippen LogP contribution is -2.24. The third kappa shape index (κ3) is 4.44. The Balaban J connectivity index is 2.71. The summed E-state index contributed by atoms with van der Waals surface area (Å²) >= 11 is 3.35. The summed E-state index contributed by atoms with van der Waals surface area (Å²) in [6.07, 6.45) is 4.83. The average molecular weight is 316 g/mol. The number of nitrogens with zero attached hydrogens (tertiary/aromatic N) is 2. The van der Waals surface area contributed by atoms with Crippen molar-refractivity contribution in [3.05, 3.63) is 21.0 Å². The second-order valence-corrected chi connectivity index (χ2v) is 5.66. The molecule has 102 valence electrons. The number of nitrogens with one attached hydrogen (secondary N) is 1. The molecule has 0 atom stereocenters. The zero-order chi connectivity index (χ0) is 13.5. The van der Waals surface area contributed by atoms with E-state index < -0.39 is 0 Å². The van der Waals surface area contributed by atoms with Crippen molar-refractivity contribution in [1.82, 2.24) is 9.78 Å². The Morgan fingerprint density at radius 1 is 1.50 bits per heavy atom. The molecule has 1 heterocycles. The summed E-state index contributed by atoms with van der Waals surface area (Å²) in [5.74, 6) is 0.647. The minimum atomic E-state index is -0.0574. The fourth-order valence-electron chi connectivity index (χ4n) is 1.55. The third-order valence-corrected chi connectivity index (χ3v) is 3.51. The standard InChI is InChI=1S/C13H22BrN3O/c1-4-5-8-17-13(18)12(14)11(9-16-17)15-7-6-10(2)3/h9-10,15H,4-8H2,1-3H3. The Labute approximate surface area is 117 Å². The van der Waals surface area contributed by atoms with Crippen LogP contribution in [-0.2, 0) is 6.54 Å². The molecule has 0 aliphatic heterocycles. The van der Waals surface area contributed by atoms with Crippen LogP contribution in [0.2, 0.25) is 0 Å². The molecule has 1 aromatic heterocycles. The molecule has 0 amide bonds. The number of hydrogen-bond acceptors (Lipinski definition) is 3. The molecule has 4 nitrogen and oxygen atoms in total. The second-order valence-electron chi connectivity index (χ2n) is 4.86. The van der Waals surface area contributed by atoms with Crippen LogP contribution in [0.25, 0.3) is 0 Å². The van der Waals surface area contributed by atoms with E-state index in [1.54, 1.807) is 6.20 Å². The van der Waals surface area contributed by atoms with Crippen molar-refractivity contribution in [2.24, 2.45) is 5.92 Å². The van der Waals surface area contributed by atoms with Crippen LogP contribution in [0, 0.1) is 5.92 Å². The van der Waals surface area contributed by atoms with Gasteiger partial charge in [0.25, 0.3) is 5.56 Å². The van der Waals surface area contributed by atoms with Crippen LogP contribution < -0.4 is 10.9 Å². The van der Waals surface area contributed by atoms with Crippen molar-refractivity contribution in [2.45, 2.75) is 46.6 Å². The van der Waals surface area contributed by atoms with Crippen LogP contribution in [0.1, 0.15) is 40.0 Å². The van der Waals surface area contributed by atoms with Gasteiger partial charge in [-0.05, 0) is 34.7 Å². The summed E-state index contributed by atoms with van der Waals surface area (Å²) in [6, 6.07) is 0. The van der Waals surface area contributed by atoms with Gasteiger partial charge in [-0.15, -0.1) is 0 Å². The Morgan fingerprint density at radius 2 is 2.22 bits per heavy atom. The van der Waals surface area contributed by atoms with Crippen LogP contribution in [-0.4, -0.2) is 16.3 Å². The van der Waals surface area contributed by atoms with E-state index in [-0.39, 0.29) is 5.56 Å². The maximum Gasteiger partial charge on any atom is 0.283 e. The van der Waals surface area contributed by atoms with Gasteiger partial charge < -0.3 is 5.32 Å². The third-order valence-electron chi connectivity index (χ3n) is 2.75. The fourth-order valence-corrected chi connectivity index (χ4v) is 2.00. The maximum absolute atomic E-state index is 12.0. The van der Waals surface area contributed by atoms with Crippen LogP contribution in [0.4, 0.5) is 5.69 Å². The minimum absolute atomic E-state index is 0.0574. The number of halogens is 1. The van der Waals surface area contributed by atoms with Gasteiger partial charge in [0.05, 0.1) is 11.9 Å². The molecule has 0 radical (unpaired) electrons. The van der Waals surface area contributed by atoms with E-state index in [4.69, 9.17) is 0 Å². The van der Waals surface area contributed by atoms with Crippen molar-refractivity contribution < 1.29 is 0 Å². The summed E-state index contributed by atoms with van der Waals surface area (Å²) in [5, 5.41) is 7.43. The van der Waals surface area contributed by atoms with Crippen molar-refractivity contribution in [2.75, 3.05) is 11.9 Å². The van der Waals surface area contributed by atoms with E-state index in [1.807, 2.05) is 0 Å². The van der Waals surface area contributed by atoms with Crippen molar-refractivity contribution in [1.29, 1.82) is 0 Å². The van der Waals surface area contributed by atoms with Crippen LogP contribution in [0.15, 0.2) is 15.5 Å². The summed E-state index contributed by atoms with van der Waals surface area (Å²) < 4.78 is 2.10. The lowest BCUT2D eigenvalue weighted by atomic mass is 10.1. The minimum Gasteiger partial charge on any atom is -0.383 e. The maximum atomic E-state index is 12.0. The Bertz CT molecular complexity index is 429. The van der Waals surface area contributed by atoms with Crippen LogP contribution in [0.5, 0.6) is 0 Å². The van der Waals surface area contributed by atoms with Gasteiger partial charge >= 0.3 is 0 Å². The van der Waals surface area contributed by atoms with E-state index >= 15 is 0 Å². The molecule has 1 rings (SSSR count). The molecule has 0 bridgehead atoms. The summed E-state index contributed by atoms with van der Waals surface area (Å²) in [7, 11) is 0. The monoisotopic (exact) mass is 315 g/mol. The molecule has 0 fully saturated rings. The number of anilines is 1. The first kappa shape index (κ1) is 15.2. The zero-order valence-corrected chi connectivity index (χ0v) is 13.0. The molecule has 0 saturated carbocycles. The number of hydrogen-bond donors (Lipinski definition) is 1. The van der Waals surface area contributed by atoms with Gasteiger partial charge in [0, 0.05) is 13.1 Å². The van der Waals surface area contributed by atoms with Gasteiger partial charge in [-0.1, -0.05) is 27.2 Å². The second kappa shape index (κ2) is 7.56. The van der Waals surface area contributed by atoms with Gasteiger partial charge in [-0.3, -0.25) is 4.79 Å². The number of unbranched alkanes of at least 4 members (excludes halogenated alkanes) is 1. The first-order valence-electron chi connectivity index (χ1n) is 6.55. The molecule has 5 heteroatoms. The van der Waals surface area contributed by atoms with Crippen LogP contribution in [0.3, 0.4) is 0 Å². The predicted molar refractivity (Wildman–Crippen MR) is 79.0 cm³/mol. The van der Waals surface area contributed by atoms with Crippen molar-refractivity contribution in [3.8, 4) is 0 Å². The topological polar surface area (TPSA) is 46.9 Å². The highest BCUT2D eigenvalue weighted by Crippen LogP contribution is 2.16. The first-order chi connectivity index (χ1) is 8.56. The van der Waals surface area contributed by atoms with Crippen molar-refractivity contribution in [3.63, 3.8) is 0 Å². The van der Waals surface area contributed by atoms with Gasteiger partial charge in [-0.2, -0.15) is 5.10 Å². The Hall–Kier alpha value is -0.840. The summed E-state index contributed by atoms with van der Waals surface area (Å²) in [4.78, 5) is 12.0. The normalized spacial score (nSPS) is 10.9. The molecule has 0 spiro atoms. The highest BCUT2D eigenvalue weighted by molar-refractivity contribution is 9.10. The fraction of sp³-hybridized carbons (Fsp3) is 0.692. The summed E-state index contributed by atoms with van der Waals surface area (Å²) in [6.45, 7) is 7.99. The van der Waals surface area contributed by atoms with E-state index in [9.17, 15) is 4.79 Å². The van der Waals surface area contributed by atoms with E-state index in [2.05, 4.69) is 47.1 Å². The van der Waals surface area contributed by atoms with Gasteiger partial charge in [0.2, 0.25) is 0 Å². The molecule has 1 aromatic rings. The van der Waals surface area contributed by atoms with Crippen LogP contribution >= 0.6 is 15.9 Å². The quantitative estimate of drug-likeness (QED) is 0.840. The highest BCUT2D eigenvalue weighted by Gasteiger charge is 2.08. The lowest BCUT2D eigenvalue weighted by Gasteiger charge is -2.11. The molecule has 0 saturated heterocycles. The van der Waals surface area contributed by atoms with E-state index in [1.165, 1.54) is 4.68 Å². The summed E-state index contributed by atoms with van der Waals surface area (Å²) in [5.41, 5.74) is 0.728. The average Bonchev–Trinajstić information content (AvgIpc) is 2.33. The highest BCUT2D eigenvalue weighted by atomic mass is 79.9. The largest absolute Gasteiger partial charge is 0.383 e. The molecule has 0 aliphatic carbocycles. The number of rotatable bonds is 7. The predicted octanol–water partition coefficient (Wildman–Crippen LogP) is 3.26. The van der Waals surface area contributed by atoms with E-state index in [0.717, 1.165) is 31.5 Å². The molecule has 0 aliphatic rings. The SMILES string of the molecule is CCCCn1ncc(NCCC(C)C)c(Br)c1=O. The number of aryl methyl sites for hydroxylation is 1. The number of aromatic nitrogens is 2.